The molecule has 0 fully saturated rings. The van der Waals surface area contributed by atoms with Gasteiger partial charge in [-0.15, -0.1) is 12.6 Å². The lowest BCUT2D eigenvalue weighted by atomic mass is 10.2. The van der Waals surface area contributed by atoms with Crippen molar-refractivity contribution in [2.75, 3.05) is 0 Å². The van der Waals surface area contributed by atoms with Gasteiger partial charge in [0.1, 0.15) is 16.7 Å². The second-order valence-electron chi connectivity index (χ2n) is 2.52. The number of hydrogen-bond acceptors (Lipinski definition) is 3. The molecule has 0 amide bonds. The summed E-state index contributed by atoms with van der Waals surface area (Å²) in [6, 6.07) is 6.47. The molecule has 1 rings (SSSR count). The first-order valence-electron chi connectivity index (χ1n) is 3.78. The Labute approximate surface area is 81.8 Å². The number of carboxylic acid groups (broad SMARTS) is 1. The Morgan fingerprint density at radius 1 is 1.54 bits per heavy atom. The van der Waals surface area contributed by atoms with Crippen molar-refractivity contribution in [2.24, 2.45) is 0 Å². The topological polar surface area (TPSA) is 46.5 Å². The zero-order valence-corrected chi connectivity index (χ0v) is 7.99. The number of rotatable bonds is 3. The van der Waals surface area contributed by atoms with Crippen molar-refractivity contribution in [3.8, 4) is 5.75 Å². The molecule has 1 aromatic carbocycles. The summed E-state index contributed by atoms with van der Waals surface area (Å²) < 4.78 is 5.19. The van der Waals surface area contributed by atoms with Crippen LogP contribution in [-0.2, 0) is 0 Å². The highest BCUT2D eigenvalue weighted by atomic mass is 32.1. The molecule has 1 N–H and O–H groups in total. The van der Waals surface area contributed by atoms with E-state index in [-0.39, 0.29) is 11.0 Å². The summed E-state index contributed by atoms with van der Waals surface area (Å²) in [5, 5.41) is 8.77. The quantitative estimate of drug-likeness (QED) is 0.577. The first kappa shape index (κ1) is 9.92. The van der Waals surface area contributed by atoms with Gasteiger partial charge in [-0.25, -0.2) is 4.79 Å². The number of aromatic carboxylic acids is 1. The second-order valence-corrected chi connectivity index (χ2v) is 3.25. The number of benzene rings is 1. The number of thiol groups is 1. The molecule has 13 heavy (non-hydrogen) atoms. The predicted molar refractivity (Wildman–Crippen MR) is 52.5 cm³/mol. The fraction of sp³-hybridized carbons (Fsp3) is 0.222. The lowest BCUT2D eigenvalue weighted by molar-refractivity contribution is 0.0692. The summed E-state index contributed by atoms with van der Waals surface area (Å²) in [4.78, 5) is 10.7. The Bertz CT molecular complexity index is 309. The van der Waals surface area contributed by atoms with E-state index < -0.39 is 5.97 Å². The Balaban J connectivity index is 2.98. The van der Waals surface area contributed by atoms with Crippen LogP contribution in [0.25, 0.3) is 0 Å². The van der Waals surface area contributed by atoms with E-state index in [2.05, 4.69) is 12.6 Å². The molecule has 4 heteroatoms. The molecule has 0 aliphatic carbocycles. The van der Waals surface area contributed by atoms with Crippen LogP contribution in [0.4, 0.5) is 0 Å². The van der Waals surface area contributed by atoms with E-state index in [0.29, 0.717) is 5.75 Å². The van der Waals surface area contributed by atoms with Crippen LogP contribution >= 0.6 is 12.6 Å². The van der Waals surface area contributed by atoms with Gasteiger partial charge in [0.25, 0.3) is 0 Å². The van der Waals surface area contributed by atoms with Crippen molar-refractivity contribution >= 4 is 18.6 Å². The maximum Gasteiger partial charge on any atom is 0.339 e. The molecule has 70 valence electrons. The SMILES string of the molecule is CC(S)Oc1ccccc1C(=O)O. The Kier molecular flexibility index (Phi) is 3.19. The van der Waals surface area contributed by atoms with E-state index in [9.17, 15) is 4.79 Å². The van der Waals surface area contributed by atoms with Crippen LogP contribution in [0.2, 0.25) is 0 Å². The van der Waals surface area contributed by atoms with Gasteiger partial charge in [-0.3, -0.25) is 0 Å². The fourth-order valence-corrected chi connectivity index (χ4v) is 1.04. The molecule has 1 atom stereocenters. The molecule has 1 aromatic rings. The summed E-state index contributed by atoms with van der Waals surface area (Å²) in [5.74, 6) is -0.651. The van der Waals surface area contributed by atoms with Crippen molar-refractivity contribution in [2.45, 2.75) is 12.4 Å². The first-order chi connectivity index (χ1) is 6.11. The monoisotopic (exact) mass is 198 g/mol. The molecule has 0 aliphatic heterocycles. The normalized spacial score (nSPS) is 12.2. The molecular weight excluding hydrogens is 188 g/mol. The molecule has 0 saturated heterocycles. The van der Waals surface area contributed by atoms with Crippen LogP contribution in [-0.4, -0.2) is 16.5 Å². The van der Waals surface area contributed by atoms with Crippen molar-refractivity contribution in [1.82, 2.24) is 0 Å². The third-order valence-corrected chi connectivity index (χ3v) is 1.52. The van der Waals surface area contributed by atoms with Crippen molar-refractivity contribution in [3.05, 3.63) is 29.8 Å². The highest BCUT2D eigenvalue weighted by Crippen LogP contribution is 2.19. The summed E-state index contributed by atoms with van der Waals surface area (Å²) in [7, 11) is 0. The summed E-state index contributed by atoms with van der Waals surface area (Å²) in [5.41, 5.74) is -0.163. The van der Waals surface area contributed by atoms with E-state index in [1.165, 1.54) is 6.07 Å². The van der Waals surface area contributed by atoms with Crippen LogP contribution in [0.1, 0.15) is 17.3 Å². The molecule has 3 nitrogen and oxygen atoms in total. The van der Waals surface area contributed by atoms with E-state index in [4.69, 9.17) is 9.84 Å². The molecule has 0 spiro atoms. The van der Waals surface area contributed by atoms with Crippen LogP contribution in [0, 0.1) is 0 Å². The maximum atomic E-state index is 10.7. The number of para-hydroxylation sites is 1. The molecule has 0 bridgehead atoms. The number of hydrogen-bond donors (Lipinski definition) is 2. The van der Waals surface area contributed by atoms with Gasteiger partial charge >= 0.3 is 5.97 Å². The smallest absolute Gasteiger partial charge is 0.339 e. The minimum Gasteiger partial charge on any atom is -0.479 e. The molecule has 0 saturated carbocycles. The average molecular weight is 198 g/mol. The Morgan fingerprint density at radius 2 is 2.15 bits per heavy atom. The minimum absolute atomic E-state index is 0.156. The zero-order valence-electron chi connectivity index (χ0n) is 7.10. The van der Waals surface area contributed by atoms with Gasteiger partial charge in [0.05, 0.1) is 0 Å². The van der Waals surface area contributed by atoms with Crippen LogP contribution in [0.5, 0.6) is 5.75 Å². The van der Waals surface area contributed by atoms with Crippen molar-refractivity contribution in [1.29, 1.82) is 0 Å². The van der Waals surface area contributed by atoms with Gasteiger partial charge in [-0.2, -0.15) is 0 Å². The van der Waals surface area contributed by atoms with Crippen LogP contribution < -0.4 is 4.74 Å². The third-order valence-electron chi connectivity index (χ3n) is 1.41. The summed E-state index contributed by atoms with van der Waals surface area (Å²) in [6.07, 6.45) is 0. The van der Waals surface area contributed by atoms with E-state index >= 15 is 0 Å². The molecule has 0 heterocycles. The Morgan fingerprint density at radius 3 is 2.69 bits per heavy atom. The highest BCUT2D eigenvalue weighted by molar-refractivity contribution is 7.80. The van der Waals surface area contributed by atoms with Gasteiger partial charge in [0.2, 0.25) is 0 Å². The Hall–Kier alpha value is -1.16. The third kappa shape index (κ3) is 2.66. The van der Waals surface area contributed by atoms with Crippen LogP contribution in [0.3, 0.4) is 0 Å². The molecule has 1 unspecified atom stereocenters. The number of carboxylic acids is 1. The van der Waals surface area contributed by atoms with Gasteiger partial charge in [0, 0.05) is 0 Å². The van der Waals surface area contributed by atoms with Gasteiger partial charge in [-0.1, -0.05) is 12.1 Å². The summed E-state index contributed by atoms with van der Waals surface area (Å²) >= 11 is 4.01. The highest BCUT2D eigenvalue weighted by Gasteiger charge is 2.10. The zero-order chi connectivity index (χ0) is 9.84. The van der Waals surface area contributed by atoms with E-state index in [1.54, 1.807) is 25.1 Å². The largest absolute Gasteiger partial charge is 0.479 e. The predicted octanol–water partition coefficient (Wildman–Crippen LogP) is 2.04. The minimum atomic E-state index is -0.996. The van der Waals surface area contributed by atoms with Crippen LogP contribution in [0.15, 0.2) is 24.3 Å². The van der Waals surface area contributed by atoms with Gasteiger partial charge in [0.15, 0.2) is 0 Å². The molecule has 0 aromatic heterocycles. The fourth-order valence-electron chi connectivity index (χ4n) is 0.930. The van der Waals surface area contributed by atoms with Crippen molar-refractivity contribution in [3.63, 3.8) is 0 Å². The lowest BCUT2D eigenvalue weighted by Gasteiger charge is -2.10. The average Bonchev–Trinajstić information content (AvgIpc) is 2.03. The summed E-state index contributed by atoms with van der Waals surface area (Å²) in [6.45, 7) is 1.72. The number of carbonyl (C=O) groups is 1. The first-order valence-corrected chi connectivity index (χ1v) is 4.30. The van der Waals surface area contributed by atoms with Crippen molar-refractivity contribution < 1.29 is 14.6 Å². The van der Waals surface area contributed by atoms with Gasteiger partial charge < -0.3 is 9.84 Å². The molecular formula is C9H10O3S. The van der Waals surface area contributed by atoms with Gasteiger partial charge in [-0.05, 0) is 19.1 Å². The number of ether oxygens (including phenoxy) is 1. The molecule has 0 radical (unpaired) electrons. The van der Waals surface area contributed by atoms with E-state index in [1.807, 2.05) is 0 Å². The lowest BCUT2D eigenvalue weighted by Crippen LogP contribution is -2.07. The molecule has 0 aliphatic rings. The van der Waals surface area contributed by atoms with E-state index in [0.717, 1.165) is 0 Å². The maximum absolute atomic E-state index is 10.7. The second kappa shape index (κ2) is 4.18. The standard InChI is InChI=1S/C9H10O3S/c1-6(13)12-8-5-3-2-4-7(8)9(10)11/h2-6,13H,1H3,(H,10,11).